The minimum atomic E-state index is -0.627. The lowest BCUT2D eigenvalue weighted by molar-refractivity contribution is -0.137. The summed E-state index contributed by atoms with van der Waals surface area (Å²) in [6.45, 7) is 3.95. The molecule has 31 heavy (non-hydrogen) atoms. The largest absolute Gasteiger partial charge is 0.493 e. The Kier molecular flexibility index (Phi) is 6.21. The second kappa shape index (κ2) is 8.68. The van der Waals surface area contributed by atoms with E-state index >= 15 is 0 Å². The molecule has 0 spiro atoms. The average molecular weight is 425 g/mol. The molecule has 1 heterocycles. The SMILES string of the molecule is C#CCOc1cc([C@@H]2N(c3cc(OC)c(OC)c(OC)c3)C(=O)C2(C)C)ccc1OC. The average Bonchev–Trinajstić information content (AvgIpc) is 2.79. The molecule has 1 aliphatic rings. The summed E-state index contributed by atoms with van der Waals surface area (Å²) in [6.07, 6.45) is 5.34. The van der Waals surface area contributed by atoms with Gasteiger partial charge in [-0.3, -0.25) is 4.79 Å². The first-order valence-electron chi connectivity index (χ1n) is 9.71. The number of amides is 1. The quantitative estimate of drug-likeness (QED) is 0.473. The fraction of sp³-hybridized carbons (Fsp3) is 0.375. The van der Waals surface area contributed by atoms with Crippen LogP contribution in [0.25, 0.3) is 0 Å². The van der Waals surface area contributed by atoms with Crippen LogP contribution < -0.4 is 28.6 Å². The Bertz CT molecular complexity index is 998. The number of terminal acetylenes is 1. The Morgan fingerprint density at radius 1 is 0.935 bits per heavy atom. The van der Waals surface area contributed by atoms with Gasteiger partial charge in [-0.15, -0.1) is 6.42 Å². The molecule has 0 aliphatic carbocycles. The van der Waals surface area contributed by atoms with Gasteiger partial charge in [-0.2, -0.15) is 0 Å². The number of methoxy groups -OCH3 is 4. The molecule has 1 aliphatic heterocycles. The smallest absolute Gasteiger partial charge is 0.235 e. The van der Waals surface area contributed by atoms with E-state index in [1.807, 2.05) is 32.0 Å². The molecule has 0 unspecified atom stereocenters. The number of benzene rings is 2. The predicted molar refractivity (Wildman–Crippen MR) is 117 cm³/mol. The van der Waals surface area contributed by atoms with Crippen LogP contribution in [0.1, 0.15) is 25.5 Å². The van der Waals surface area contributed by atoms with Gasteiger partial charge in [-0.1, -0.05) is 12.0 Å². The van der Waals surface area contributed by atoms with E-state index < -0.39 is 5.41 Å². The highest BCUT2D eigenvalue weighted by atomic mass is 16.5. The normalized spacial score (nSPS) is 16.7. The summed E-state index contributed by atoms with van der Waals surface area (Å²) in [5.41, 5.74) is 0.912. The first kappa shape index (κ1) is 22.2. The van der Waals surface area contributed by atoms with E-state index in [-0.39, 0.29) is 18.6 Å². The summed E-state index contributed by atoms with van der Waals surface area (Å²) < 4.78 is 27.4. The van der Waals surface area contributed by atoms with Crippen LogP contribution in [-0.2, 0) is 4.79 Å². The highest BCUT2D eigenvalue weighted by molar-refractivity contribution is 6.06. The number of hydrogen-bond donors (Lipinski definition) is 0. The van der Waals surface area contributed by atoms with E-state index in [1.54, 1.807) is 38.4 Å². The number of ether oxygens (including phenoxy) is 5. The molecule has 7 heteroatoms. The molecule has 0 aromatic heterocycles. The molecule has 1 fully saturated rings. The fourth-order valence-corrected chi connectivity index (χ4v) is 3.94. The van der Waals surface area contributed by atoms with Crippen molar-refractivity contribution in [2.75, 3.05) is 39.9 Å². The zero-order valence-electron chi connectivity index (χ0n) is 18.6. The summed E-state index contributed by atoms with van der Waals surface area (Å²) in [7, 11) is 6.19. The molecule has 164 valence electrons. The van der Waals surface area contributed by atoms with Crippen LogP contribution in [0.5, 0.6) is 28.7 Å². The van der Waals surface area contributed by atoms with Gasteiger partial charge in [0.15, 0.2) is 23.0 Å². The van der Waals surface area contributed by atoms with Gasteiger partial charge in [-0.05, 0) is 31.5 Å². The molecular weight excluding hydrogens is 398 g/mol. The summed E-state index contributed by atoms with van der Waals surface area (Å²) in [5.74, 6) is 4.94. The number of anilines is 1. The Morgan fingerprint density at radius 2 is 1.55 bits per heavy atom. The second-order valence-corrected chi connectivity index (χ2v) is 7.59. The number of carbonyl (C=O) groups excluding carboxylic acids is 1. The lowest BCUT2D eigenvalue weighted by Gasteiger charge is -2.53. The van der Waals surface area contributed by atoms with E-state index in [0.29, 0.717) is 34.4 Å². The van der Waals surface area contributed by atoms with Crippen molar-refractivity contribution in [1.82, 2.24) is 0 Å². The molecule has 0 radical (unpaired) electrons. The predicted octanol–water partition coefficient (Wildman–Crippen LogP) is 3.85. The van der Waals surface area contributed by atoms with Crippen molar-refractivity contribution in [2.24, 2.45) is 5.41 Å². The van der Waals surface area contributed by atoms with Crippen LogP contribution in [0.15, 0.2) is 30.3 Å². The van der Waals surface area contributed by atoms with Crippen LogP contribution in [0.4, 0.5) is 5.69 Å². The maximum Gasteiger partial charge on any atom is 0.235 e. The van der Waals surface area contributed by atoms with Gasteiger partial charge in [0.25, 0.3) is 0 Å². The van der Waals surface area contributed by atoms with Crippen LogP contribution in [0.2, 0.25) is 0 Å². The molecule has 0 bridgehead atoms. The zero-order chi connectivity index (χ0) is 22.8. The third-order valence-corrected chi connectivity index (χ3v) is 5.45. The summed E-state index contributed by atoms with van der Waals surface area (Å²) in [6, 6.07) is 8.88. The monoisotopic (exact) mass is 425 g/mol. The summed E-state index contributed by atoms with van der Waals surface area (Å²) >= 11 is 0. The van der Waals surface area contributed by atoms with E-state index in [4.69, 9.17) is 30.1 Å². The lowest BCUT2D eigenvalue weighted by atomic mass is 9.70. The van der Waals surface area contributed by atoms with Gasteiger partial charge in [0.05, 0.1) is 45.6 Å². The highest BCUT2D eigenvalue weighted by Crippen LogP contribution is 2.54. The van der Waals surface area contributed by atoms with E-state index in [0.717, 1.165) is 5.56 Å². The van der Waals surface area contributed by atoms with Gasteiger partial charge in [0, 0.05) is 12.1 Å². The number of carbonyl (C=O) groups is 1. The van der Waals surface area contributed by atoms with Gasteiger partial charge in [0.1, 0.15) is 6.61 Å². The molecule has 0 N–H and O–H groups in total. The molecule has 3 rings (SSSR count). The van der Waals surface area contributed by atoms with Crippen molar-refractivity contribution < 1.29 is 28.5 Å². The maximum atomic E-state index is 13.1. The third-order valence-electron chi connectivity index (χ3n) is 5.45. The minimum absolute atomic E-state index is 0.0197. The summed E-state index contributed by atoms with van der Waals surface area (Å²) in [5, 5.41) is 0. The Morgan fingerprint density at radius 3 is 2.06 bits per heavy atom. The summed E-state index contributed by atoms with van der Waals surface area (Å²) in [4.78, 5) is 14.9. The van der Waals surface area contributed by atoms with Gasteiger partial charge < -0.3 is 28.6 Å². The molecule has 1 amide bonds. The number of nitrogens with zero attached hydrogens (tertiary/aromatic N) is 1. The van der Waals surface area contributed by atoms with Gasteiger partial charge >= 0.3 is 0 Å². The van der Waals surface area contributed by atoms with Crippen molar-refractivity contribution in [2.45, 2.75) is 19.9 Å². The number of rotatable bonds is 8. The van der Waals surface area contributed by atoms with Crippen LogP contribution >= 0.6 is 0 Å². The minimum Gasteiger partial charge on any atom is -0.493 e. The zero-order valence-corrected chi connectivity index (χ0v) is 18.6. The van der Waals surface area contributed by atoms with E-state index in [2.05, 4.69) is 5.92 Å². The van der Waals surface area contributed by atoms with Gasteiger partial charge in [0.2, 0.25) is 11.7 Å². The standard InChI is InChI=1S/C24H27NO6/c1-8-11-31-18-12-15(9-10-17(18)27-4)22-24(2,3)23(26)25(22)16-13-19(28-5)21(30-7)20(14-16)29-6/h1,9-10,12-14,22H,11H2,2-7H3/t22-/m0/s1. The molecule has 1 saturated heterocycles. The first-order chi connectivity index (χ1) is 14.8. The molecular formula is C24H27NO6. The molecule has 2 aromatic carbocycles. The fourth-order valence-electron chi connectivity index (χ4n) is 3.94. The topological polar surface area (TPSA) is 66.5 Å². The van der Waals surface area contributed by atoms with E-state index in [1.165, 1.54) is 7.11 Å². The highest BCUT2D eigenvalue weighted by Gasteiger charge is 2.55. The van der Waals surface area contributed by atoms with Crippen molar-refractivity contribution in [1.29, 1.82) is 0 Å². The van der Waals surface area contributed by atoms with Crippen LogP contribution in [-0.4, -0.2) is 41.0 Å². The van der Waals surface area contributed by atoms with Crippen molar-refractivity contribution in [3.05, 3.63) is 35.9 Å². The molecule has 1 atom stereocenters. The number of hydrogen-bond acceptors (Lipinski definition) is 6. The van der Waals surface area contributed by atoms with Crippen LogP contribution in [0.3, 0.4) is 0 Å². The third kappa shape index (κ3) is 3.70. The lowest BCUT2D eigenvalue weighted by Crippen LogP contribution is -2.61. The van der Waals surface area contributed by atoms with Crippen molar-refractivity contribution in [3.63, 3.8) is 0 Å². The van der Waals surface area contributed by atoms with Crippen molar-refractivity contribution in [3.8, 4) is 41.1 Å². The maximum absolute atomic E-state index is 13.1. The van der Waals surface area contributed by atoms with Gasteiger partial charge in [-0.25, -0.2) is 0 Å². The Labute approximate surface area is 182 Å². The Hall–Kier alpha value is -3.53. The first-order valence-corrected chi connectivity index (χ1v) is 9.71. The molecule has 2 aromatic rings. The van der Waals surface area contributed by atoms with Crippen LogP contribution in [0, 0.1) is 17.8 Å². The Balaban J connectivity index is 2.09. The molecule has 7 nitrogen and oxygen atoms in total. The second-order valence-electron chi connectivity index (χ2n) is 7.59. The van der Waals surface area contributed by atoms with Crippen molar-refractivity contribution >= 4 is 11.6 Å². The molecule has 0 saturated carbocycles. The number of β-lactam (4-membered cyclic amide) rings is 1. The van der Waals surface area contributed by atoms with E-state index in [9.17, 15) is 4.79 Å².